The fourth-order valence-corrected chi connectivity index (χ4v) is 12.1. The zero-order valence-electron chi connectivity index (χ0n) is 72.8. The van der Waals surface area contributed by atoms with E-state index >= 15 is 0 Å². The van der Waals surface area contributed by atoms with E-state index in [1.807, 2.05) is 312 Å². The van der Waals surface area contributed by atoms with Crippen LogP contribution in [0.15, 0.2) is 291 Å². The molecule has 0 bridgehead atoms. The average molecular weight is 1730 g/mol. The number of nitrogens with one attached hydrogen (secondary N) is 12. The molecule has 0 radical (unpaired) electrons. The predicted molar refractivity (Wildman–Crippen MR) is 509 cm³/mol. The van der Waals surface area contributed by atoms with E-state index in [2.05, 4.69) is 124 Å². The molecule has 0 saturated heterocycles. The molecule has 16 aromatic rings. The molecule has 0 spiro atoms. The molecule has 0 aliphatic rings. The van der Waals surface area contributed by atoms with E-state index in [-0.39, 0.29) is 0 Å². The van der Waals surface area contributed by atoms with Crippen molar-refractivity contribution >= 4 is 140 Å². The molecule has 33 nitrogen and oxygen atoms in total. The first-order chi connectivity index (χ1) is 63.0. The van der Waals surface area contributed by atoms with Crippen molar-refractivity contribution in [3.63, 3.8) is 0 Å². The fourth-order valence-electron chi connectivity index (χ4n) is 12.1. The number of anilines is 24. The third-order valence-electron chi connectivity index (χ3n) is 18.5. The van der Waals surface area contributed by atoms with Crippen LogP contribution in [0.3, 0.4) is 0 Å². The topological polar surface area (TPSA) is 382 Å². The van der Waals surface area contributed by atoms with Gasteiger partial charge in [0.05, 0.1) is 64.0 Å². The molecule has 0 unspecified atom stereocenters. The van der Waals surface area contributed by atoms with Crippen molar-refractivity contribution in [1.82, 2.24) is 59.8 Å². The Morgan fingerprint density at radius 2 is 0.349 bits per heavy atom. The summed E-state index contributed by atoms with van der Waals surface area (Å²) in [6, 6.07) is 91.7. The largest absolute Gasteiger partial charge is 0.497 e. The lowest BCUT2D eigenvalue weighted by atomic mass is 10.2. The summed E-state index contributed by atoms with van der Waals surface area (Å²) in [7, 11) is 14.6. The molecule has 4 heterocycles. The Kier molecular flexibility index (Phi) is 31.2. The van der Waals surface area contributed by atoms with Gasteiger partial charge in [0.15, 0.2) is 0 Å². The SMILES string of the molecule is COc1ccc(Nc2nc(Nc3cccc(OC)c3)nc(Nc3cccc(OC)c3)n2)cc1.COc1cccc(Nc2nc(Nc3ccc(C)cc3)nc(Nc3cccc(OC)c3)n2)c1.COc1cccc(Nc2nc(Nc3cccc(C)c3)nc(Nc3cccc(OC)c3)n2)c1.COc1cccc(Nc2nc(Nc3cccc(OC)c3)nc(Nc3ccccc3C)n2)c1. The minimum Gasteiger partial charge on any atom is -0.497 e. The number of aromatic nitrogens is 12. The van der Waals surface area contributed by atoms with E-state index in [1.165, 1.54) is 5.56 Å². The molecule has 16 rings (SSSR count). The van der Waals surface area contributed by atoms with Gasteiger partial charge < -0.3 is 106 Å². The monoisotopic (exact) mass is 1730 g/mol. The third kappa shape index (κ3) is 27.5. The molecule has 12 N–H and O–H groups in total. The highest BCUT2D eigenvalue weighted by Crippen LogP contribution is 2.33. The number of aryl methyl sites for hydroxylation is 3. The van der Waals surface area contributed by atoms with Gasteiger partial charge >= 0.3 is 0 Å². The number of methoxy groups -OCH3 is 9. The number of benzene rings is 12. The summed E-state index contributed by atoms with van der Waals surface area (Å²) in [5.41, 5.74) is 13.2. The summed E-state index contributed by atoms with van der Waals surface area (Å²) in [5.74, 6) is 11.2. The number of hydrogen-bond donors (Lipinski definition) is 12. The highest BCUT2D eigenvalue weighted by atomic mass is 16.5. The number of para-hydroxylation sites is 1. The summed E-state index contributed by atoms with van der Waals surface area (Å²) >= 11 is 0. The van der Waals surface area contributed by atoms with Gasteiger partial charge in [-0.1, -0.05) is 96.6 Å². The van der Waals surface area contributed by atoms with Crippen LogP contribution < -0.4 is 106 Å². The van der Waals surface area contributed by atoms with E-state index < -0.39 is 0 Å². The highest BCUT2D eigenvalue weighted by molar-refractivity contribution is 5.70. The minimum atomic E-state index is 0.361. The minimum absolute atomic E-state index is 0.361. The molecule has 0 atom stereocenters. The maximum Gasteiger partial charge on any atom is 0.233 e. The Balaban J connectivity index is 0.000000147. The maximum absolute atomic E-state index is 5.30. The summed E-state index contributed by atoms with van der Waals surface area (Å²) in [6.07, 6.45) is 0. The van der Waals surface area contributed by atoms with Gasteiger partial charge in [0.1, 0.15) is 51.7 Å². The first-order valence-corrected chi connectivity index (χ1v) is 40.2. The lowest BCUT2D eigenvalue weighted by molar-refractivity contribution is 0.415. The van der Waals surface area contributed by atoms with Crippen molar-refractivity contribution in [1.29, 1.82) is 0 Å². The van der Waals surface area contributed by atoms with E-state index in [9.17, 15) is 0 Å². The van der Waals surface area contributed by atoms with Crippen LogP contribution in [-0.2, 0) is 0 Å². The van der Waals surface area contributed by atoms with Gasteiger partial charge in [-0.15, -0.1) is 0 Å². The van der Waals surface area contributed by atoms with Crippen molar-refractivity contribution in [2.45, 2.75) is 20.8 Å². The molecule has 33 heteroatoms. The molecular weight excluding hydrogens is 1630 g/mol. The molecule has 12 aromatic carbocycles. The highest BCUT2D eigenvalue weighted by Gasteiger charge is 2.17. The Morgan fingerprint density at radius 1 is 0.155 bits per heavy atom. The van der Waals surface area contributed by atoms with Gasteiger partial charge in [-0.3, -0.25) is 0 Å². The molecular formula is C96H96N24O9. The van der Waals surface area contributed by atoms with Crippen LogP contribution >= 0.6 is 0 Å². The van der Waals surface area contributed by atoms with Crippen LogP contribution in [-0.4, -0.2) is 124 Å². The van der Waals surface area contributed by atoms with E-state index in [0.717, 1.165) is 131 Å². The Hall–Kier alpha value is -17.5. The number of hydrogen-bond acceptors (Lipinski definition) is 33. The van der Waals surface area contributed by atoms with Crippen LogP contribution in [0, 0.1) is 20.8 Å². The first kappa shape index (κ1) is 89.2. The summed E-state index contributed by atoms with van der Waals surface area (Å²) in [6.45, 7) is 6.09. The van der Waals surface area contributed by atoms with Gasteiger partial charge in [-0.25, -0.2) is 0 Å². The zero-order valence-corrected chi connectivity index (χ0v) is 72.8. The second-order valence-corrected chi connectivity index (χ2v) is 27.9. The normalized spacial score (nSPS) is 10.3. The molecule has 0 saturated carbocycles. The Morgan fingerprint density at radius 3 is 0.566 bits per heavy atom. The molecule has 0 aliphatic carbocycles. The Labute approximate surface area is 746 Å². The van der Waals surface area contributed by atoms with Crippen LogP contribution in [0.1, 0.15) is 16.7 Å². The number of rotatable bonds is 33. The van der Waals surface area contributed by atoms with E-state index in [4.69, 9.17) is 42.6 Å². The van der Waals surface area contributed by atoms with E-state index in [1.54, 1.807) is 64.0 Å². The van der Waals surface area contributed by atoms with Crippen molar-refractivity contribution in [2.75, 3.05) is 128 Å². The molecule has 129 heavy (non-hydrogen) atoms. The predicted octanol–water partition coefficient (Wildman–Crippen LogP) is 21.4. The van der Waals surface area contributed by atoms with Crippen molar-refractivity contribution in [3.05, 3.63) is 308 Å². The van der Waals surface area contributed by atoms with Crippen LogP contribution in [0.2, 0.25) is 0 Å². The van der Waals surface area contributed by atoms with Crippen molar-refractivity contribution in [2.24, 2.45) is 0 Å². The van der Waals surface area contributed by atoms with Gasteiger partial charge in [-0.05, 0) is 184 Å². The van der Waals surface area contributed by atoms with Gasteiger partial charge in [0, 0.05) is 117 Å². The molecule has 4 aromatic heterocycles. The van der Waals surface area contributed by atoms with Gasteiger partial charge in [-0.2, -0.15) is 59.8 Å². The first-order valence-electron chi connectivity index (χ1n) is 40.2. The van der Waals surface area contributed by atoms with Gasteiger partial charge in [0.25, 0.3) is 0 Å². The third-order valence-corrected chi connectivity index (χ3v) is 18.5. The van der Waals surface area contributed by atoms with Crippen LogP contribution in [0.4, 0.5) is 140 Å². The second kappa shape index (κ2) is 45.0. The van der Waals surface area contributed by atoms with Crippen molar-refractivity contribution < 1.29 is 42.6 Å². The van der Waals surface area contributed by atoms with Gasteiger partial charge in [0.2, 0.25) is 71.4 Å². The standard InChI is InChI=1S/C24H24N6O3.3C24H24N6O2/c1-31-19-12-10-16(11-13-19)25-22-28-23(26-17-6-4-8-20(14-17)32-2)30-24(29-22)27-18-7-5-9-21(15-18)33-3;1-16-7-4-8-17(13-16)25-22-28-23(26-18-9-5-11-20(14-18)31-2)30-24(29-22)27-19-10-6-12-21(15-19)32-3;1-16-10-12-17(13-11-16)25-22-28-23(26-18-6-4-8-20(14-18)31-2)30-24(29-22)27-19-7-5-9-21(15-19)32-3;1-16-8-4-5-13-21(16)27-24-29-22(25-17-9-6-11-19(14-17)31-2)28-23(30-24)26-18-10-7-12-20(15-18)32-3/h4-15H,1-3H3,(H3,25,26,27,28,29,30);3*4-15H,1-3H3,(H3,25,26,27,28,29,30). The zero-order chi connectivity index (χ0) is 90.1. The number of ether oxygens (including phenoxy) is 9. The molecule has 0 aliphatic heterocycles. The smallest absolute Gasteiger partial charge is 0.233 e. The second-order valence-electron chi connectivity index (χ2n) is 27.9. The van der Waals surface area contributed by atoms with E-state index in [0.29, 0.717) is 71.4 Å². The quantitative estimate of drug-likeness (QED) is 0.0182. The summed E-state index contributed by atoms with van der Waals surface area (Å²) in [4.78, 5) is 54.4. The average Bonchev–Trinajstić information content (AvgIpc) is 0.836. The summed E-state index contributed by atoms with van der Waals surface area (Å²) < 4.78 is 47.6. The molecule has 0 fully saturated rings. The lowest BCUT2D eigenvalue weighted by Gasteiger charge is -2.13. The van der Waals surface area contributed by atoms with Crippen LogP contribution in [0.25, 0.3) is 0 Å². The summed E-state index contributed by atoms with van der Waals surface area (Å²) in [5, 5.41) is 38.7. The molecule has 654 valence electrons. The lowest BCUT2D eigenvalue weighted by Crippen LogP contribution is -2.08. The number of nitrogens with zero attached hydrogens (tertiary/aromatic N) is 12. The Bertz CT molecular complexity index is 6100. The van der Waals surface area contributed by atoms with Crippen LogP contribution in [0.5, 0.6) is 51.7 Å². The molecule has 0 amide bonds. The van der Waals surface area contributed by atoms with Crippen molar-refractivity contribution in [3.8, 4) is 51.7 Å². The maximum atomic E-state index is 5.30. The fraction of sp³-hybridized carbons (Fsp3) is 0.125.